The van der Waals surface area contributed by atoms with Gasteiger partial charge in [0.05, 0.1) is 0 Å². The minimum atomic E-state index is -0.723. The summed E-state index contributed by atoms with van der Waals surface area (Å²) >= 11 is 8.83. The summed E-state index contributed by atoms with van der Waals surface area (Å²) in [5.41, 5.74) is -0.629. The van der Waals surface area contributed by atoms with Crippen LogP contribution in [0.4, 0.5) is 0 Å². The molecule has 10 heteroatoms. The molecule has 7 nitrogen and oxygen atoms in total. The third kappa shape index (κ3) is 2.74. The van der Waals surface area contributed by atoms with Gasteiger partial charge in [0.15, 0.2) is 44.9 Å². The molecule has 0 radical (unpaired) electrons. The fraction of sp³-hybridized carbons (Fsp3) is 0. The van der Waals surface area contributed by atoms with Crippen molar-refractivity contribution in [1.29, 1.82) is 0 Å². The van der Waals surface area contributed by atoms with Gasteiger partial charge in [0.25, 0.3) is 0 Å². The SMILES string of the molecule is O=c1c(OBr)c(-c2ccc(O)c(O)c2)oc2c(Br)c(O)c(Br)c(O)c12. The van der Waals surface area contributed by atoms with E-state index in [4.69, 9.17) is 8.25 Å². The second kappa shape index (κ2) is 6.43. The lowest BCUT2D eigenvalue weighted by Crippen LogP contribution is -2.06. The Balaban J connectivity index is 2.49. The van der Waals surface area contributed by atoms with Crippen LogP contribution in [-0.2, 0) is 0 Å². The van der Waals surface area contributed by atoms with E-state index in [9.17, 15) is 25.2 Å². The molecule has 0 saturated carbocycles. The molecule has 3 aromatic rings. The molecule has 0 atom stereocenters. The maximum Gasteiger partial charge on any atom is 0.240 e. The molecule has 1 heterocycles. The molecule has 0 aliphatic carbocycles. The Morgan fingerprint density at radius 1 is 0.960 bits per heavy atom. The van der Waals surface area contributed by atoms with Crippen LogP contribution in [0.2, 0.25) is 0 Å². The van der Waals surface area contributed by atoms with Gasteiger partial charge in [0, 0.05) is 5.56 Å². The van der Waals surface area contributed by atoms with Gasteiger partial charge in [-0.15, -0.1) is 0 Å². The van der Waals surface area contributed by atoms with Crippen molar-refractivity contribution in [3.8, 4) is 40.1 Å². The molecule has 0 bridgehead atoms. The Morgan fingerprint density at radius 3 is 2.24 bits per heavy atom. The molecule has 2 aromatic carbocycles. The largest absolute Gasteiger partial charge is 0.506 e. The van der Waals surface area contributed by atoms with E-state index in [-0.39, 0.29) is 48.5 Å². The summed E-state index contributed by atoms with van der Waals surface area (Å²) in [7, 11) is 0. The summed E-state index contributed by atoms with van der Waals surface area (Å²) in [5.74, 6) is -2.05. The molecule has 0 saturated heterocycles. The second-order valence-electron chi connectivity index (χ2n) is 4.90. The molecule has 4 N–H and O–H groups in total. The Bertz CT molecular complexity index is 1080. The molecule has 130 valence electrons. The molecular weight excluding hydrogens is 532 g/mol. The molecule has 0 fully saturated rings. The third-order valence-electron chi connectivity index (χ3n) is 3.45. The van der Waals surface area contributed by atoms with Crippen molar-refractivity contribution in [3.63, 3.8) is 0 Å². The first-order chi connectivity index (χ1) is 11.8. The van der Waals surface area contributed by atoms with E-state index in [1.807, 2.05) is 0 Å². The van der Waals surface area contributed by atoms with E-state index < -0.39 is 16.9 Å². The molecule has 0 unspecified atom stereocenters. The van der Waals surface area contributed by atoms with Crippen LogP contribution in [0.1, 0.15) is 0 Å². The molecule has 0 spiro atoms. The van der Waals surface area contributed by atoms with Crippen LogP contribution in [-0.4, -0.2) is 20.4 Å². The normalized spacial score (nSPS) is 11.0. The second-order valence-corrected chi connectivity index (χ2v) is 6.81. The Kier molecular flexibility index (Phi) is 4.60. The highest BCUT2D eigenvalue weighted by molar-refractivity contribution is 9.11. The Morgan fingerprint density at radius 2 is 1.64 bits per heavy atom. The van der Waals surface area contributed by atoms with Gasteiger partial charge in [-0.2, -0.15) is 0 Å². The highest BCUT2D eigenvalue weighted by Crippen LogP contribution is 2.47. The van der Waals surface area contributed by atoms with Crippen molar-refractivity contribution in [2.45, 2.75) is 0 Å². The highest BCUT2D eigenvalue weighted by Gasteiger charge is 2.26. The number of aromatic hydroxyl groups is 4. The first kappa shape index (κ1) is 17.9. The zero-order valence-electron chi connectivity index (χ0n) is 11.9. The van der Waals surface area contributed by atoms with Crippen molar-refractivity contribution in [2.24, 2.45) is 0 Å². The van der Waals surface area contributed by atoms with E-state index in [1.165, 1.54) is 18.2 Å². The number of benzene rings is 2. The van der Waals surface area contributed by atoms with Gasteiger partial charge in [0.1, 0.15) is 20.1 Å². The molecule has 0 amide bonds. The lowest BCUT2D eigenvalue weighted by molar-refractivity contribution is 0.403. The maximum atomic E-state index is 12.7. The number of hydrogen-bond donors (Lipinski definition) is 4. The van der Waals surface area contributed by atoms with E-state index in [0.717, 1.165) is 0 Å². The number of rotatable bonds is 2. The van der Waals surface area contributed by atoms with Crippen molar-refractivity contribution in [2.75, 3.05) is 0 Å². The summed E-state index contributed by atoms with van der Waals surface area (Å²) in [5, 5.41) is 39.1. The molecule has 25 heavy (non-hydrogen) atoms. The van der Waals surface area contributed by atoms with Gasteiger partial charge in [-0.25, -0.2) is 0 Å². The van der Waals surface area contributed by atoms with Crippen LogP contribution in [0.25, 0.3) is 22.3 Å². The maximum absolute atomic E-state index is 12.7. The minimum absolute atomic E-state index is 0.0367. The van der Waals surface area contributed by atoms with E-state index in [2.05, 4.69) is 48.1 Å². The van der Waals surface area contributed by atoms with Crippen LogP contribution in [0.5, 0.6) is 28.7 Å². The van der Waals surface area contributed by atoms with Crippen molar-refractivity contribution < 1.29 is 28.7 Å². The number of halogens is 3. The molecular formula is C15H7Br3O7. The van der Waals surface area contributed by atoms with Crippen molar-refractivity contribution >= 4 is 59.1 Å². The summed E-state index contributed by atoms with van der Waals surface area (Å²) in [6.45, 7) is 0. The predicted molar refractivity (Wildman–Crippen MR) is 99.5 cm³/mol. The van der Waals surface area contributed by atoms with Gasteiger partial charge < -0.3 is 28.7 Å². The predicted octanol–water partition coefficient (Wildman–Crippen LogP) is 4.50. The Hall–Kier alpha value is -1.91. The quantitative estimate of drug-likeness (QED) is 0.355. The molecule has 1 aromatic heterocycles. The zero-order valence-corrected chi connectivity index (χ0v) is 16.6. The van der Waals surface area contributed by atoms with Crippen LogP contribution < -0.4 is 9.26 Å². The summed E-state index contributed by atoms with van der Waals surface area (Å²) < 4.78 is 10.5. The minimum Gasteiger partial charge on any atom is -0.506 e. The average Bonchev–Trinajstić information content (AvgIpc) is 2.59. The molecule has 0 aliphatic rings. The number of phenolic OH excluding ortho intramolecular Hbond substituents is 4. The third-order valence-corrected chi connectivity index (χ3v) is 5.26. The van der Waals surface area contributed by atoms with Crippen LogP contribution in [0, 0.1) is 0 Å². The van der Waals surface area contributed by atoms with Crippen molar-refractivity contribution in [3.05, 3.63) is 37.4 Å². The molecule has 0 aliphatic heterocycles. The van der Waals surface area contributed by atoms with Crippen molar-refractivity contribution in [1.82, 2.24) is 0 Å². The van der Waals surface area contributed by atoms with E-state index in [0.29, 0.717) is 0 Å². The van der Waals surface area contributed by atoms with Gasteiger partial charge in [-0.1, -0.05) is 0 Å². The zero-order chi connectivity index (χ0) is 18.5. The number of phenols is 4. The number of hydrogen-bond acceptors (Lipinski definition) is 7. The smallest absolute Gasteiger partial charge is 0.240 e. The van der Waals surface area contributed by atoms with Gasteiger partial charge >= 0.3 is 0 Å². The van der Waals surface area contributed by atoms with E-state index >= 15 is 0 Å². The lowest BCUT2D eigenvalue weighted by Gasteiger charge is -2.12. The highest BCUT2D eigenvalue weighted by atomic mass is 79.9. The first-order valence-corrected chi connectivity index (χ1v) is 8.71. The lowest BCUT2D eigenvalue weighted by atomic mass is 10.1. The molecule has 3 rings (SSSR count). The topological polar surface area (TPSA) is 120 Å². The summed E-state index contributed by atoms with van der Waals surface area (Å²) in [6, 6.07) is 3.76. The van der Waals surface area contributed by atoms with E-state index in [1.54, 1.807) is 0 Å². The van der Waals surface area contributed by atoms with Crippen LogP contribution in [0.15, 0.2) is 36.4 Å². The first-order valence-electron chi connectivity index (χ1n) is 6.48. The number of fused-ring (bicyclic) bond motifs is 1. The summed E-state index contributed by atoms with van der Waals surface area (Å²) in [4.78, 5) is 12.7. The summed E-state index contributed by atoms with van der Waals surface area (Å²) in [6.07, 6.45) is 0. The average molecular weight is 539 g/mol. The van der Waals surface area contributed by atoms with Crippen LogP contribution >= 0.6 is 48.1 Å². The Labute approximate surface area is 164 Å². The fourth-order valence-corrected chi connectivity index (χ4v) is 3.67. The monoisotopic (exact) mass is 536 g/mol. The fourth-order valence-electron chi connectivity index (χ4n) is 2.24. The van der Waals surface area contributed by atoms with Gasteiger partial charge in [0.2, 0.25) is 11.2 Å². The standard InChI is InChI=1S/C15H7Br3O7/c16-8-10(21)7-11(22)15(25-18)13(24-14(7)9(17)12(8)23)4-1-2-5(19)6(20)3-4/h1-3,19-21,23H. The van der Waals surface area contributed by atoms with Crippen LogP contribution in [0.3, 0.4) is 0 Å². The van der Waals surface area contributed by atoms with Gasteiger partial charge in [-0.3, -0.25) is 4.79 Å². The van der Waals surface area contributed by atoms with Gasteiger partial charge in [-0.05, 0) is 50.1 Å².